The van der Waals surface area contributed by atoms with Crippen molar-refractivity contribution in [2.24, 2.45) is 0 Å². The van der Waals surface area contributed by atoms with Crippen molar-refractivity contribution in [2.75, 3.05) is 11.9 Å². The summed E-state index contributed by atoms with van der Waals surface area (Å²) in [7, 11) is 0. The molecule has 0 spiro atoms. The van der Waals surface area contributed by atoms with Crippen molar-refractivity contribution in [2.45, 2.75) is 44.1 Å². The number of hydrogen-bond donors (Lipinski definition) is 2. The molecule has 4 rings (SSSR count). The fourth-order valence-electron chi connectivity index (χ4n) is 3.81. The lowest BCUT2D eigenvalue weighted by atomic mass is 9.66. The number of halogens is 1. The van der Waals surface area contributed by atoms with Crippen LogP contribution in [-0.4, -0.2) is 31.8 Å². The Kier molecular flexibility index (Phi) is 5.00. The molecule has 3 aromatic rings. The molecular formula is C22H24FN5O. The molecular weight excluding hydrogens is 369 g/mol. The van der Waals surface area contributed by atoms with Gasteiger partial charge in [0.15, 0.2) is 0 Å². The second-order valence-electron chi connectivity index (χ2n) is 8.08. The molecule has 0 atom stereocenters. The first-order valence-corrected chi connectivity index (χ1v) is 9.76. The highest BCUT2D eigenvalue weighted by Crippen LogP contribution is 2.43. The van der Waals surface area contributed by atoms with Crippen LogP contribution in [0.4, 0.5) is 10.2 Å². The van der Waals surface area contributed by atoms with Crippen LogP contribution in [0.3, 0.4) is 0 Å². The second-order valence-corrected chi connectivity index (χ2v) is 8.08. The van der Waals surface area contributed by atoms with Crippen molar-refractivity contribution in [1.82, 2.24) is 20.2 Å². The minimum atomic E-state index is -1.08. The molecule has 7 heteroatoms. The molecule has 2 N–H and O–H groups in total. The van der Waals surface area contributed by atoms with Crippen molar-refractivity contribution >= 4 is 5.82 Å². The van der Waals surface area contributed by atoms with Crippen molar-refractivity contribution < 1.29 is 9.50 Å². The summed E-state index contributed by atoms with van der Waals surface area (Å²) in [5.41, 5.74) is 1.06. The second kappa shape index (κ2) is 7.48. The summed E-state index contributed by atoms with van der Waals surface area (Å²) >= 11 is 0. The van der Waals surface area contributed by atoms with Crippen LogP contribution < -0.4 is 5.32 Å². The summed E-state index contributed by atoms with van der Waals surface area (Å²) in [5, 5.41) is 22.2. The van der Waals surface area contributed by atoms with Gasteiger partial charge in [0.1, 0.15) is 17.2 Å². The normalized spacial score (nSPS) is 15.6. The Morgan fingerprint density at radius 2 is 1.83 bits per heavy atom. The van der Waals surface area contributed by atoms with E-state index < -0.39 is 5.60 Å². The molecule has 0 aliphatic heterocycles. The molecule has 6 nitrogen and oxygen atoms in total. The molecule has 1 saturated carbocycles. The first kappa shape index (κ1) is 19.4. The Morgan fingerprint density at radius 1 is 1.07 bits per heavy atom. The van der Waals surface area contributed by atoms with Crippen LogP contribution in [0.15, 0.2) is 48.8 Å². The van der Waals surface area contributed by atoms with Gasteiger partial charge in [0.2, 0.25) is 0 Å². The number of anilines is 1. The minimum absolute atomic E-state index is 0.258. The van der Waals surface area contributed by atoms with Crippen LogP contribution in [-0.2, 0) is 11.0 Å². The molecule has 1 aliphatic carbocycles. The number of nitrogens with zero attached hydrogens (tertiary/aromatic N) is 4. The Morgan fingerprint density at radius 3 is 2.45 bits per heavy atom. The average Bonchev–Trinajstić information content (AvgIpc) is 2.68. The number of aromatic nitrogens is 4. The molecule has 0 radical (unpaired) electrons. The van der Waals surface area contributed by atoms with E-state index >= 15 is 0 Å². The maximum absolute atomic E-state index is 14.3. The first-order valence-electron chi connectivity index (χ1n) is 9.76. The lowest BCUT2D eigenvalue weighted by Crippen LogP contribution is -2.42. The van der Waals surface area contributed by atoms with Crippen LogP contribution in [0.5, 0.6) is 0 Å². The van der Waals surface area contributed by atoms with Gasteiger partial charge in [-0.1, -0.05) is 6.42 Å². The van der Waals surface area contributed by atoms with Gasteiger partial charge in [-0.15, -0.1) is 10.2 Å². The summed E-state index contributed by atoms with van der Waals surface area (Å²) < 4.78 is 14.3. The number of rotatable bonds is 6. The molecule has 0 saturated heterocycles. The monoisotopic (exact) mass is 393 g/mol. The van der Waals surface area contributed by atoms with Gasteiger partial charge in [0.25, 0.3) is 0 Å². The van der Waals surface area contributed by atoms with Crippen LogP contribution in [0.2, 0.25) is 0 Å². The maximum atomic E-state index is 14.3. The zero-order chi connectivity index (χ0) is 20.5. The molecule has 1 fully saturated rings. The van der Waals surface area contributed by atoms with Gasteiger partial charge in [0.05, 0.1) is 17.1 Å². The highest BCUT2D eigenvalue weighted by atomic mass is 19.1. The van der Waals surface area contributed by atoms with Crippen molar-refractivity contribution in [3.05, 3.63) is 66.0 Å². The lowest BCUT2D eigenvalue weighted by molar-refractivity contribution is 0.0745. The topological polar surface area (TPSA) is 83.8 Å². The largest absolute Gasteiger partial charge is 0.384 e. The summed E-state index contributed by atoms with van der Waals surface area (Å²) in [6.07, 6.45) is 6.13. The first-order chi connectivity index (χ1) is 13.9. The Balaban J connectivity index is 1.52. The van der Waals surface area contributed by atoms with Gasteiger partial charge in [-0.3, -0.25) is 9.97 Å². The predicted molar refractivity (Wildman–Crippen MR) is 109 cm³/mol. The van der Waals surface area contributed by atoms with Gasteiger partial charge < -0.3 is 10.4 Å². The Labute approximate surface area is 169 Å². The molecule has 0 aromatic carbocycles. The van der Waals surface area contributed by atoms with E-state index in [9.17, 15) is 9.50 Å². The maximum Gasteiger partial charge on any atom is 0.148 e. The third-order valence-corrected chi connectivity index (χ3v) is 5.51. The smallest absolute Gasteiger partial charge is 0.148 e. The average molecular weight is 393 g/mol. The van der Waals surface area contributed by atoms with E-state index in [1.165, 1.54) is 6.07 Å². The highest BCUT2D eigenvalue weighted by Gasteiger charge is 2.41. The fraction of sp³-hybridized carbons (Fsp3) is 0.364. The van der Waals surface area contributed by atoms with Crippen molar-refractivity contribution in [1.29, 1.82) is 0 Å². The third kappa shape index (κ3) is 3.82. The number of pyridine rings is 2. The van der Waals surface area contributed by atoms with Gasteiger partial charge in [-0.25, -0.2) is 4.39 Å². The Bertz CT molecular complexity index is 997. The van der Waals surface area contributed by atoms with E-state index in [2.05, 4.69) is 25.5 Å². The molecule has 3 heterocycles. The van der Waals surface area contributed by atoms with E-state index in [1.807, 2.05) is 18.2 Å². The van der Waals surface area contributed by atoms with Crippen LogP contribution in [0, 0.1) is 5.82 Å². The highest BCUT2D eigenvalue weighted by molar-refractivity contribution is 5.63. The van der Waals surface area contributed by atoms with Crippen LogP contribution in [0.25, 0.3) is 11.3 Å². The Hall–Kier alpha value is -2.93. The van der Waals surface area contributed by atoms with Gasteiger partial charge in [-0.2, -0.15) is 0 Å². The zero-order valence-corrected chi connectivity index (χ0v) is 16.6. The molecule has 1 aliphatic rings. The van der Waals surface area contributed by atoms with Crippen molar-refractivity contribution in [3.63, 3.8) is 0 Å². The quantitative estimate of drug-likeness (QED) is 0.662. The van der Waals surface area contributed by atoms with Gasteiger partial charge >= 0.3 is 0 Å². The van der Waals surface area contributed by atoms with E-state index in [0.717, 1.165) is 24.8 Å². The molecule has 29 heavy (non-hydrogen) atoms. The third-order valence-electron chi connectivity index (χ3n) is 5.51. The van der Waals surface area contributed by atoms with Gasteiger partial charge in [0, 0.05) is 29.9 Å². The number of nitrogens with one attached hydrogen (secondary N) is 1. The molecule has 0 amide bonds. The van der Waals surface area contributed by atoms with Crippen molar-refractivity contribution in [3.8, 4) is 11.3 Å². The van der Waals surface area contributed by atoms with E-state index in [0.29, 0.717) is 29.4 Å². The standard InChI is InChI=1S/C22H24FN5O/c1-21(2,29)19-15(6-3-12-24-19)17-8-9-18(28-27-17)26-14-22(10-5-11-22)20-16(23)7-4-13-25-20/h3-4,6-9,12-13,29H,5,10-11,14H2,1-2H3,(H,26,28). The van der Waals surface area contributed by atoms with Gasteiger partial charge in [-0.05, 0) is 63.1 Å². The SMILES string of the molecule is CC(C)(O)c1ncccc1-c1ccc(NCC2(c3ncccc3F)CCC2)nn1. The number of hydrogen-bond acceptors (Lipinski definition) is 6. The fourth-order valence-corrected chi connectivity index (χ4v) is 3.81. The molecule has 150 valence electrons. The lowest BCUT2D eigenvalue weighted by Gasteiger charge is -2.41. The minimum Gasteiger partial charge on any atom is -0.384 e. The van der Waals surface area contributed by atoms with E-state index in [-0.39, 0.29) is 11.2 Å². The van der Waals surface area contributed by atoms with E-state index in [4.69, 9.17) is 0 Å². The summed E-state index contributed by atoms with van der Waals surface area (Å²) in [4.78, 5) is 8.59. The van der Waals surface area contributed by atoms with Crippen LogP contribution in [0.1, 0.15) is 44.5 Å². The summed E-state index contributed by atoms with van der Waals surface area (Å²) in [5.74, 6) is 0.358. The van der Waals surface area contributed by atoms with Crippen LogP contribution >= 0.6 is 0 Å². The van der Waals surface area contributed by atoms with E-state index in [1.54, 1.807) is 38.4 Å². The predicted octanol–water partition coefficient (Wildman–Crippen LogP) is 3.83. The molecule has 3 aromatic heterocycles. The molecule has 0 bridgehead atoms. The zero-order valence-electron chi connectivity index (χ0n) is 16.6. The molecule has 0 unspecified atom stereocenters. The summed E-state index contributed by atoms with van der Waals surface area (Å²) in [6.45, 7) is 3.94. The summed E-state index contributed by atoms with van der Waals surface area (Å²) in [6, 6.07) is 10.4. The number of aliphatic hydroxyl groups is 1.